The van der Waals surface area contributed by atoms with Crippen molar-refractivity contribution in [3.63, 3.8) is 0 Å². The van der Waals surface area contributed by atoms with Gasteiger partial charge in [0.15, 0.2) is 4.88 Å². The van der Waals surface area contributed by atoms with Crippen LogP contribution in [0.4, 0.5) is 8.78 Å². The van der Waals surface area contributed by atoms with E-state index in [9.17, 15) is 13.6 Å². The second-order valence-electron chi connectivity index (χ2n) is 9.20. The number of nitrogens with two attached hydrogens (primary N) is 1. The molecule has 0 aliphatic heterocycles. The lowest BCUT2D eigenvalue weighted by Crippen LogP contribution is -2.35. The van der Waals surface area contributed by atoms with E-state index in [0.29, 0.717) is 28.5 Å². The molecule has 1 amide bonds. The van der Waals surface area contributed by atoms with Gasteiger partial charge in [-0.15, -0.1) is 11.3 Å². The summed E-state index contributed by atoms with van der Waals surface area (Å²) >= 11 is 1.07. The fourth-order valence-corrected chi connectivity index (χ4v) is 4.42. The van der Waals surface area contributed by atoms with Gasteiger partial charge in [-0.1, -0.05) is 18.2 Å². The number of hydrogen-bond donors (Lipinski definition) is 2. The zero-order valence-corrected chi connectivity index (χ0v) is 21.1. The van der Waals surface area contributed by atoms with E-state index in [4.69, 9.17) is 15.2 Å². The number of alkyl halides is 2. The molecule has 190 valence electrons. The quantitative estimate of drug-likeness (QED) is 0.318. The van der Waals surface area contributed by atoms with E-state index in [1.54, 1.807) is 25.3 Å². The van der Waals surface area contributed by atoms with Crippen LogP contribution in [-0.2, 0) is 6.54 Å². The first-order valence-electron chi connectivity index (χ1n) is 11.2. The third-order valence-corrected chi connectivity index (χ3v) is 6.37. The third kappa shape index (κ3) is 5.80. The second kappa shape index (κ2) is 10.2. The van der Waals surface area contributed by atoms with Gasteiger partial charge in [0.25, 0.3) is 5.91 Å². The molecule has 1 atom stereocenters. The third-order valence-electron chi connectivity index (χ3n) is 5.30. The summed E-state index contributed by atoms with van der Waals surface area (Å²) < 4.78 is 39.0. The Bertz CT molecular complexity index is 1380. The number of halogens is 2. The number of carbonyl (C=O) groups excluding carboxylic acids is 1. The van der Waals surface area contributed by atoms with E-state index in [0.717, 1.165) is 16.9 Å². The number of aromatic nitrogens is 3. The summed E-state index contributed by atoms with van der Waals surface area (Å²) in [4.78, 5) is 21.1. The number of nitrogens with one attached hydrogen (secondary N) is 1. The predicted octanol–water partition coefficient (Wildman–Crippen LogP) is 5.19. The molecule has 3 N–H and O–H groups in total. The minimum Gasteiger partial charge on any atom is -0.468 e. The van der Waals surface area contributed by atoms with E-state index in [-0.39, 0.29) is 22.0 Å². The molecule has 0 aliphatic rings. The number of imidazole rings is 1. The number of carbonyl (C=O) groups is 1. The maximum atomic E-state index is 13.2. The van der Waals surface area contributed by atoms with E-state index in [1.807, 2.05) is 55.6 Å². The van der Waals surface area contributed by atoms with Crippen LogP contribution < -0.4 is 20.5 Å². The highest BCUT2D eigenvalue weighted by Gasteiger charge is 2.24. The predicted molar refractivity (Wildman–Crippen MR) is 134 cm³/mol. The Hall–Kier alpha value is -3.57. The first-order valence-corrected chi connectivity index (χ1v) is 12.1. The average Bonchev–Trinajstić information content (AvgIpc) is 3.41. The van der Waals surface area contributed by atoms with Gasteiger partial charge in [0.2, 0.25) is 5.88 Å². The molecular formula is C25H27F2N5O3S. The van der Waals surface area contributed by atoms with Crippen molar-refractivity contribution in [2.45, 2.75) is 52.5 Å². The molecule has 11 heteroatoms. The molecule has 0 aliphatic carbocycles. The summed E-state index contributed by atoms with van der Waals surface area (Å²) in [5.41, 5.74) is 7.99. The van der Waals surface area contributed by atoms with Crippen LogP contribution in [0, 0.1) is 0 Å². The number of amides is 1. The number of primary amides is 1. The van der Waals surface area contributed by atoms with Crippen molar-refractivity contribution in [1.82, 2.24) is 19.7 Å². The van der Waals surface area contributed by atoms with E-state index >= 15 is 0 Å². The fraction of sp³-hybridized carbons (Fsp3) is 0.320. The summed E-state index contributed by atoms with van der Waals surface area (Å²) in [6.45, 7) is 5.17. The summed E-state index contributed by atoms with van der Waals surface area (Å²) in [5, 5.41) is 3.80. The number of thiazole rings is 1. The van der Waals surface area contributed by atoms with E-state index < -0.39 is 18.6 Å². The van der Waals surface area contributed by atoms with Gasteiger partial charge in [0.05, 0.1) is 6.20 Å². The molecule has 3 heterocycles. The molecule has 0 spiro atoms. The van der Waals surface area contributed by atoms with E-state index in [1.165, 1.54) is 0 Å². The van der Waals surface area contributed by atoms with Crippen LogP contribution >= 0.6 is 11.3 Å². The first kappa shape index (κ1) is 25.5. The molecule has 0 saturated heterocycles. The molecule has 1 aromatic carbocycles. The maximum absolute atomic E-state index is 13.2. The Labute approximate surface area is 211 Å². The number of benzene rings is 1. The van der Waals surface area contributed by atoms with Crippen LogP contribution in [0.2, 0.25) is 0 Å². The summed E-state index contributed by atoms with van der Waals surface area (Å²) in [5.74, 6) is -0.701. The van der Waals surface area contributed by atoms with Crippen LogP contribution in [0.1, 0.15) is 54.6 Å². The van der Waals surface area contributed by atoms with Crippen LogP contribution in [0.3, 0.4) is 0 Å². The minimum atomic E-state index is -3.01. The van der Waals surface area contributed by atoms with Gasteiger partial charge in [0.1, 0.15) is 28.2 Å². The van der Waals surface area contributed by atoms with Crippen LogP contribution in [0.25, 0.3) is 16.3 Å². The lowest BCUT2D eigenvalue weighted by molar-refractivity contribution is -0.0513. The lowest BCUT2D eigenvalue weighted by Gasteiger charge is -2.22. The van der Waals surface area contributed by atoms with Crippen molar-refractivity contribution >= 4 is 22.9 Å². The van der Waals surface area contributed by atoms with Gasteiger partial charge in [-0.2, -0.15) is 13.8 Å². The highest BCUT2D eigenvalue weighted by Crippen LogP contribution is 2.37. The monoisotopic (exact) mass is 515 g/mol. The number of pyridine rings is 1. The van der Waals surface area contributed by atoms with Crippen LogP contribution in [0.15, 0.2) is 48.8 Å². The molecule has 36 heavy (non-hydrogen) atoms. The highest BCUT2D eigenvalue weighted by atomic mass is 32.1. The molecule has 0 radical (unpaired) electrons. The van der Waals surface area contributed by atoms with Crippen molar-refractivity contribution in [3.05, 3.63) is 64.8 Å². The minimum absolute atomic E-state index is 0.0106. The SMILES string of the molecule is C[C@@H](Oc1nc(-c2cnc3ccccn23)sc1C(N)=O)c1ccc(CNC(C)(C)C)cc1OC(F)F. The zero-order valence-electron chi connectivity index (χ0n) is 20.3. The van der Waals surface area contributed by atoms with Gasteiger partial charge < -0.3 is 20.5 Å². The summed E-state index contributed by atoms with van der Waals surface area (Å²) in [6, 6.07) is 10.6. The van der Waals surface area contributed by atoms with Crippen molar-refractivity contribution in [1.29, 1.82) is 0 Å². The maximum Gasteiger partial charge on any atom is 0.387 e. The molecule has 4 rings (SSSR count). The van der Waals surface area contributed by atoms with Crippen LogP contribution in [0.5, 0.6) is 11.6 Å². The molecule has 0 fully saturated rings. The molecule has 0 unspecified atom stereocenters. The lowest BCUT2D eigenvalue weighted by atomic mass is 10.0. The number of hydrogen-bond acceptors (Lipinski definition) is 7. The summed E-state index contributed by atoms with van der Waals surface area (Å²) in [7, 11) is 0. The molecule has 4 aromatic rings. The molecule has 8 nitrogen and oxygen atoms in total. The van der Waals surface area contributed by atoms with Gasteiger partial charge in [-0.05, 0) is 51.5 Å². The number of rotatable bonds is 9. The molecule has 3 aromatic heterocycles. The zero-order chi connectivity index (χ0) is 26.0. The Balaban J connectivity index is 1.64. The Morgan fingerprint density at radius 3 is 2.69 bits per heavy atom. The molecule has 0 bridgehead atoms. The van der Waals surface area contributed by atoms with Crippen molar-refractivity contribution < 1.29 is 23.0 Å². The van der Waals surface area contributed by atoms with Gasteiger partial charge in [0, 0.05) is 23.8 Å². The van der Waals surface area contributed by atoms with E-state index in [2.05, 4.69) is 15.3 Å². The number of ether oxygens (including phenoxy) is 2. The summed E-state index contributed by atoms with van der Waals surface area (Å²) in [6.07, 6.45) is 2.71. The van der Waals surface area contributed by atoms with Gasteiger partial charge >= 0.3 is 6.61 Å². The van der Waals surface area contributed by atoms with Gasteiger partial charge in [-0.3, -0.25) is 9.20 Å². The van der Waals surface area contributed by atoms with Crippen LogP contribution in [-0.4, -0.2) is 32.4 Å². The topological polar surface area (TPSA) is 104 Å². The standard InChI is InChI=1S/C25H27F2N5O3S/c1-14(16-9-8-15(12-30-25(2,3)4)11-18(16)35-24(26)27)34-22-20(21(28)33)36-23(31-22)17-13-29-19-7-5-6-10-32(17)19/h5-11,13-14,24,30H,12H2,1-4H3,(H2,28,33)/t14-/m1/s1. The Kier molecular flexibility index (Phi) is 7.23. The number of fused-ring (bicyclic) bond motifs is 1. The second-order valence-corrected chi connectivity index (χ2v) is 10.2. The van der Waals surface area contributed by atoms with Crippen molar-refractivity contribution in [2.24, 2.45) is 5.73 Å². The average molecular weight is 516 g/mol. The Morgan fingerprint density at radius 2 is 2.00 bits per heavy atom. The van der Waals surface area contributed by atoms with Crippen molar-refractivity contribution in [2.75, 3.05) is 0 Å². The fourth-order valence-electron chi connectivity index (χ4n) is 3.56. The number of nitrogens with zero attached hydrogens (tertiary/aromatic N) is 3. The molecule has 0 saturated carbocycles. The smallest absolute Gasteiger partial charge is 0.387 e. The highest BCUT2D eigenvalue weighted by molar-refractivity contribution is 7.17. The largest absolute Gasteiger partial charge is 0.468 e. The first-order chi connectivity index (χ1) is 17.0. The Morgan fingerprint density at radius 1 is 1.22 bits per heavy atom. The molecular weight excluding hydrogens is 488 g/mol. The van der Waals surface area contributed by atoms with Gasteiger partial charge in [-0.25, -0.2) is 4.98 Å². The normalized spacial score (nSPS) is 12.8. The van der Waals surface area contributed by atoms with Crippen molar-refractivity contribution in [3.8, 4) is 22.3 Å².